The highest BCUT2D eigenvalue weighted by atomic mass is 16.2. The van der Waals surface area contributed by atoms with Gasteiger partial charge < -0.3 is 9.80 Å². The van der Waals surface area contributed by atoms with Crippen LogP contribution in [0.2, 0.25) is 0 Å². The quantitative estimate of drug-likeness (QED) is 0.853. The van der Waals surface area contributed by atoms with Crippen molar-refractivity contribution in [2.75, 3.05) is 31.1 Å². The fourth-order valence-corrected chi connectivity index (χ4v) is 2.66. The van der Waals surface area contributed by atoms with Crippen LogP contribution in [-0.2, 0) is 0 Å². The molecule has 0 unspecified atom stereocenters. The Morgan fingerprint density at radius 3 is 2.50 bits per heavy atom. The Bertz CT molecular complexity index is 698. The average Bonchev–Trinajstić information content (AvgIpc) is 2.62. The summed E-state index contributed by atoms with van der Waals surface area (Å²) in [7, 11) is 0. The van der Waals surface area contributed by atoms with Crippen molar-refractivity contribution in [3.63, 3.8) is 0 Å². The van der Waals surface area contributed by atoms with Crippen LogP contribution in [0.1, 0.15) is 15.9 Å². The van der Waals surface area contributed by atoms with E-state index in [9.17, 15) is 4.79 Å². The second-order valence-electron chi connectivity index (χ2n) is 5.23. The van der Waals surface area contributed by atoms with Gasteiger partial charge in [0.1, 0.15) is 0 Å². The maximum absolute atomic E-state index is 12.5. The summed E-state index contributed by atoms with van der Waals surface area (Å²) in [6.07, 6.45) is 0. The van der Waals surface area contributed by atoms with E-state index in [0.29, 0.717) is 24.2 Å². The lowest BCUT2D eigenvalue weighted by molar-refractivity contribution is 0.0747. The zero-order valence-electron chi connectivity index (χ0n) is 12.2. The van der Waals surface area contributed by atoms with Gasteiger partial charge in [0.05, 0.1) is 11.6 Å². The van der Waals surface area contributed by atoms with Crippen LogP contribution < -0.4 is 4.90 Å². The molecule has 0 aliphatic carbocycles. The second kappa shape index (κ2) is 6.31. The maximum atomic E-state index is 12.5. The molecule has 0 bridgehead atoms. The third-order valence-electron chi connectivity index (χ3n) is 3.87. The van der Waals surface area contributed by atoms with E-state index in [4.69, 9.17) is 5.26 Å². The topological polar surface area (TPSA) is 47.3 Å². The lowest BCUT2D eigenvalue weighted by Gasteiger charge is -2.36. The summed E-state index contributed by atoms with van der Waals surface area (Å²) in [5.41, 5.74) is 2.27. The molecular formula is C18H16N3O. The Labute approximate surface area is 130 Å². The molecule has 1 saturated heterocycles. The zero-order valence-corrected chi connectivity index (χ0v) is 12.2. The predicted octanol–water partition coefficient (Wildman–Crippen LogP) is 2.32. The summed E-state index contributed by atoms with van der Waals surface area (Å²) in [5.74, 6) is -0.00172. The third kappa shape index (κ3) is 2.94. The number of nitrogens with zero attached hydrogens (tertiary/aromatic N) is 3. The molecule has 1 amide bonds. The first-order chi connectivity index (χ1) is 10.8. The van der Waals surface area contributed by atoms with E-state index in [2.05, 4.69) is 17.0 Å². The van der Waals surface area contributed by atoms with Crippen molar-refractivity contribution in [1.82, 2.24) is 4.90 Å². The molecule has 1 aliphatic rings. The monoisotopic (exact) mass is 290 g/mol. The maximum Gasteiger partial charge on any atom is 0.254 e. The SMILES string of the molecule is N#Cc1cccc(C(=O)N2CCN(c3cc[c]cc3)CC2)c1. The summed E-state index contributed by atoms with van der Waals surface area (Å²) < 4.78 is 0. The minimum absolute atomic E-state index is 0.00172. The van der Waals surface area contributed by atoms with Gasteiger partial charge >= 0.3 is 0 Å². The Balaban J connectivity index is 1.66. The smallest absolute Gasteiger partial charge is 0.254 e. The lowest BCUT2D eigenvalue weighted by Crippen LogP contribution is -2.48. The molecule has 0 aromatic heterocycles. The van der Waals surface area contributed by atoms with Gasteiger partial charge in [0, 0.05) is 37.4 Å². The van der Waals surface area contributed by atoms with Crippen molar-refractivity contribution in [2.24, 2.45) is 0 Å². The van der Waals surface area contributed by atoms with Crippen molar-refractivity contribution < 1.29 is 4.79 Å². The molecule has 4 nitrogen and oxygen atoms in total. The van der Waals surface area contributed by atoms with Gasteiger partial charge in [-0.15, -0.1) is 0 Å². The second-order valence-corrected chi connectivity index (χ2v) is 5.23. The zero-order chi connectivity index (χ0) is 15.4. The molecule has 1 fully saturated rings. The van der Waals surface area contributed by atoms with Gasteiger partial charge in [-0.25, -0.2) is 0 Å². The van der Waals surface area contributed by atoms with Crippen LogP contribution in [0.5, 0.6) is 0 Å². The summed E-state index contributed by atoms with van der Waals surface area (Å²) in [5, 5.41) is 8.93. The molecule has 2 aromatic carbocycles. The van der Waals surface area contributed by atoms with Gasteiger partial charge in [-0.1, -0.05) is 18.2 Å². The van der Waals surface area contributed by atoms with E-state index >= 15 is 0 Å². The Morgan fingerprint density at radius 1 is 1.09 bits per heavy atom. The van der Waals surface area contributed by atoms with Gasteiger partial charge in [0.15, 0.2) is 0 Å². The molecule has 2 aromatic rings. The first-order valence-corrected chi connectivity index (χ1v) is 7.28. The fraction of sp³-hybridized carbons (Fsp3) is 0.222. The number of rotatable bonds is 2. The molecular weight excluding hydrogens is 274 g/mol. The van der Waals surface area contributed by atoms with Crippen LogP contribution in [0.25, 0.3) is 0 Å². The molecule has 1 heterocycles. The highest BCUT2D eigenvalue weighted by Crippen LogP contribution is 2.17. The van der Waals surface area contributed by atoms with Crippen LogP contribution in [0, 0.1) is 17.4 Å². The number of carbonyl (C=O) groups excluding carboxylic acids is 1. The van der Waals surface area contributed by atoms with Gasteiger partial charge in [0.25, 0.3) is 5.91 Å². The van der Waals surface area contributed by atoms with Crippen LogP contribution in [0.3, 0.4) is 0 Å². The van der Waals surface area contributed by atoms with E-state index in [1.807, 2.05) is 29.2 Å². The van der Waals surface area contributed by atoms with Crippen molar-refractivity contribution in [1.29, 1.82) is 5.26 Å². The fourth-order valence-electron chi connectivity index (χ4n) is 2.66. The molecule has 4 heteroatoms. The molecule has 0 N–H and O–H groups in total. The molecule has 1 aliphatic heterocycles. The molecule has 0 saturated carbocycles. The Kier molecular flexibility index (Phi) is 4.06. The van der Waals surface area contributed by atoms with E-state index in [1.54, 1.807) is 24.3 Å². The van der Waals surface area contributed by atoms with Crippen molar-refractivity contribution in [3.8, 4) is 6.07 Å². The third-order valence-corrected chi connectivity index (χ3v) is 3.87. The van der Waals surface area contributed by atoms with Crippen LogP contribution in [0.15, 0.2) is 48.5 Å². The van der Waals surface area contributed by atoms with Crippen molar-refractivity contribution in [2.45, 2.75) is 0 Å². The first kappa shape index (κ1) is 14.2. The molecule has 22 heavy (non-hydrogen) atoms. The van der Waals surface area contributed by atoms with E-state index in [-0.39, 0.29) is 5.91 Å². The summed E-state index contributed by atoms with van der Waals surface area (Å²) >= 11 is 0. The Morgan fingerprint density at radius 2 is 1.82 bits per heavy atom. The molecule has 0 atom stereocenters. The number of anilines is 1. The number of nitriles is 1. The average molecular weight is 290 g/mol. The molecule has 109 valence electrons. The van der Waals surface area contributed by atoms with E-state index in [1.165, 1.54) is 0 Å². The summed E-state index contributed by atoms with van der Waals surface area (Å²) in [6.45, 7) is 3.00. The number of hydrogen-bond acceptors (Lipinski definition) is 3. The molecule has 0 spiro atoms. The minimum Gasteiger partial charge on any atom is -0.368 e. The van der Waals surface area contributed by atoms with Gasteiger partial charge in [0.2, 0.25) is 0 Å². The Hall–Kier alpha value is -2.80. The highest BCUT2D eigenvalue weighted by molar-refractivity contribution is 5.94. The number of piperazine rings is 1. The standard InChI is InChI=1S/C18H16N3O/c19-14-15-5-4-6-16(13-15)18(22)21-11-9-20(10-12-21)17-7-2-1-3-8-17/h2-8,13H,9-12H2. The number of hydrogen-bond donors (Lipinski definition) is 0. The van der Waals surface area contributed by atoms with E-state index < -0.39 is 0 Å². The number of amides is 1. The number of benzene rings is 2. The largest absolute Gasteiger partial charge is 0.368 e. The van der Waals surface area contributed by atoms with Crippen molar-refractivity contribution in [3.05, 3.63) is 65.7 Å². The first-order valence-electron chi connectivity index (χ1n) is 7.28. The van der Waals surface area contributed by atoms with Gasteiger partial charge in [-0.3, -0.25) is 4.79 Å². The normalized spacial score (nSPS) is 14.5. The van der Waals surface area contributed by atoms with E-state index in [0.717, 1.165) is 18.8 Å². The predicted molar refractivity (Wildman–Crippen MR) is 84.6 cm³/mol. The lowest BCUT2D eigenvalue weighted by atomic mass is 10.1. The highest BCUT2D eigenvalue weighted by Gasteiger charge is 2.22. The van der Waals surface area contributed by atoms with Crippen LogP contribution in [0.4, 0.5) is 5.69 Å². The summed E-state index contributed by atoms with van der Waals surface area (Å²) in [4.78, 5) is 16.6. The van der Waals surface area contributed by atoms with Gasteiger partial charge in [-0.05, 0) is 36.4 Å². The van der Waals surface area contributed by atoms with Crippen LogP contribution >= 0.6 is 0 Å². The molecule has 1 radical (unpaired) electrons. The number of carbonyl (C=O) groups is 1. The summed E-state index contributed by atoms with van der Waals surface area (Å²) in [6, 6.07) is 19.8. The van der Waals surface area contributed by atoms with Crippen LogP contribution in [-0.4, -0.2) is 37.0 Å². The molecule has 3 rings (SSSR count). The minimum atomic E-state index is -0.00172. The van der Waals surface area contributed by atoms with Crippen molar-refractivity contribution >= 4 is 11.6 Å². The van der Waals surface area contributed by atoms with Gasteiger partial charge in [-0.2, -0.15) is 5.26 Å².